The summed E-state index contributed by atoms with van der Waals surface area (Å²) in [5.41, 5.74) is 0. The van der Waals surface area contributed by atoms with Gasteiger partial charge in [-0.2, -0.15) is 0 Å². The molecule has 0 radical (unpaired) electrons. The number of rotatable bonds is 7. The second-order valence-electron chi connectivity index (χ2n) is 3.60. The van der Waals surface area contributed by atoms with Crippen LogP contribution < -0.4 is 0 Å². The quantitative estimate of drug-likeness (QED) is 0.513. The number of Topliss-reactive ketones (excluding diaryl/α,β-unsaturated/α-hetero) is 1. The summed E-state index contributed by atoms with van der Waals surface area (Å²) in [5, 5.41) is 0. The van der Waals surface area contributed by atoms with E-state index in [0.29, 0.717) is 11.5 Å². The second-order valence-corrected chi connectivity index (χ2v) is 4.65. The molecule has 0 N–H and O–H groups in total. The minimum Gasteiger partial charge on any atom is -0.299 e. The minimum atomic E-state index is 0.373. The largest absolute Gasteiger partial charge is 0.299 e. The van der Waals surface area contributed by atoms with Gasteiger partial charge in [0, 0.05) is 11.3 Å². The van der Waals surface area contributed by atoms with Crippen LogP contribution in [0, 0.1) is 0 Å². The Kier molecular flexibility index (Phi) is 6.17. The number of unbranched alkanes of at least 4 members (excludes halogenated alkanes) is 2. The third-order valence-corrected chi connectivity index (χ3v) is 3.27. The molecule has 82 valence electrons. The third kappa shape index (κ3) is 5.63. The molecule has 0 heterocycles. The first-order valence-corrected chi connectivity index (χ1v) is 6.51. The zero-order chi connectivity index (χ0) is 10.9. The van der Waals surface area contributed by atoms with Crippen molar-refractivity contribution in [3.8, 4) is 0 Å². The van der Waals surface area contributed by atoms with E-state index in [0.717, 1.165) is 12.8 Å². The van der Waals surface area contributed by atoms with E-state index in [4.69, 9.17) is 0 Å². The van der Waals surface area contributed by atoms with Crippen LogP contribution in [-0.4, -0.2) is 11.5 Å². The van der Waals surface area contributed by atoms with Crippen molar-refractivity contribution in [2.45, 2.75) is 37.5 Å². The van der Waals surface area contributed by atoms with Gasteiger partial charge in [0.25, 0.3) is 0 Å². The molecule has 0 fully saturated rings. The summed E-state index contributed by atoms with van der Waals surface area (Å²) in [6.07, 6.45) is 4.14. The highest BCUT2D eigenvalue weighted by Crippen LogP contribution is 2.17. The van der Waals surface area contributed by atoms with E-state index in [9.17, 15) is 4.79 Å². The van der Waals surface area contributed by atoms with Crippen LogP contribution in [-0.2, 0) is 4.79 Å². The summed E-state index contributed by atoms with van der Waals surface area (Å²) in [6.45, 7) is 2.16. The van der Waals surface area contributed by atoms with Gasteiger partial charge in [-0.15, -0.1) is 11.8 Å². The summed E-state index contributed by atoms with van der Waals surface area (Å²) in [5.74, 6) is 0.991. The normalized spacial score (nSPS) is 10.2. The highest BCUT2D eigenvalue weighted by atomic mass is 32.2. The Morgan fingerprint density at radius 3 is 2.60 bits per heavy atom. The lowest BCUT2D eigenvalue weighted by molar-refractivity contribution is -0.116. The first-order chi connectivity index (χ1) is 7.33. The van der Waals surface area contributed by atoms with Crippen molar-refractivity contribution in [3.63, 3.8) is 0 Å². The van der Waals surface area contributed by atoms with Crippen molar-refractivity contribution in [1.82, 2.24) is 0 Å². The Morgan fingerprint density at radius 2 is 1.93 bits per heavy atom. The van der Waals surface area contributed by atoms with Gasteiger partial charge in [-0.25, -0.2) is 0 Å². The fourth-order valence-electron chi connectivity index (χ4n) is 1.32. The number of carbonyl (C=O) groups is 1. The van der Waals surface area contributed by atoms with E-state index in [2.05, 4.69) is 6.92 Å². The number of hydrogen-bond acceptors (Lipinski definition) is 2. The summed E-state index contributed by atoms with van der Waals surface area (Å²) in [4.78, 5) is 12.7. The topological polar surface area (TPSA) is 17.1 Å². The Labute approximate surface area is 96.3 Å². The van der Waals surface area contributed by atoms with Crippen molar-refractivity contribution in [2.75, 3.05) is 5.75 Å². The molecule has 0 aliphatic rings. The smallest absolute Gasteiger partial charge is 0.143 e. The molecule has 2 heteroatoms. The molecule has 0 bridgehead atoms. The third-order valence-electron chi connectivity index (χ3n) is 2.20. The van der Waals surface area contributed by atoms with E-state index < -0.39 is 0 Å². The molecule has 1 rings (SSSR count). The SMILES string of the molecule is CCCCCC(=O)CSc1ccccc1. The van der Waals surface area contributed by atoms with Crippen LogP contribution in [0.15, 0.2) is 35.2 Å². The van der Waals surface area contributed by atoms with Gasteiger partial charge in [0.05, 0.1) is 5.75 Å². The monoisotopic (exact) mass is 222 g/mol. The number of benzene rings is 1. The molecule has 0 saturated carbocycles. The lowest BCUT2D eigenvalue weighted by Crippen LogP contribution is -2.00. The zero-order valence-corrected chi connectivity index (χ0v) is 10.1. The maximum absolute atomic E-state index is 11.5. The van der Waals surface area contributed by atoms with Crippen molar-refractivity contribution >= 4 is 17.5 Å². The first-order valence-electron chi connectivity index (χ1n) is 5.52. The van der Waals surface area contributed by atoms with Crippen molar-refractivity contribution in [3.05, 3.63) is 30.3 Å². The molecule has 1 aromatic carbocycles. The van der Waals surface area contributed by atoms with Gasteiger partial charge in [0.2, 0.25) is 0 Å². The molecule has 0 spiro atoms. The molecule has 0 amide bonds. The summed E-state index contributed by atoms with van der Waals surface area (Å²) in [7, 11) is 0. The fraction of sp³-hybridized carbons (Fsp3) is 0.462. The zero-order valence-electron chi connectivity index (χ0n) is 9.24. The number of thioether (sulfide) groups is 1. The molecule has 0 unspecified atom stereocenters. The minimum absolute atomic E-state index is 0.373. The molecule has 0 aliphatic carbocycles. The van der Waals surface area contributed by atoms with Gasteiger partial charge >= 0.3 is 0 Å². The molecular weight excluding hydrogens is 204 g/mol. The molecule has 0 aliphatic heterocycles. The molecule has 0 atom stereocenters. The van der Waals surface area contributed by atoms with Gasteiger partial charge < -0.3 is 0 Å². The fourth-order valence-corrected chi connectivity index (χ4v) is 2.15. The van der Waals surface area contributed by atoms with Gasteiger partial charge in [-0.05, 0) is 18.6 Å². The van der Waals surface area contributed by atoms with Crippen LogP contribution in [0.5, 0.6) is 0 Å². The van der Waals surface area contributed by atoms with Crippen LogP contribution in [0.3, 0.4) is 0 Å². The standard InChI is InChI=1S/C13H18OS/c1-2-3-5-8-12(14)11-15-13-9-6-4-7-10-13/h4,6-7,9-10H,2-3,5,8,11H2,1H3. The number of carbonyl (C=O) groups excluding carboxylic acids is 1. The van der Waals surface area contributed by atoms with E-state index in [1.54, 1.807) is 11.8 Å². The van der Waals surface area contributed by atoms with Crippen molar-refractivity contribution in [2.24, 2.45) is 0 Å². The Morgan fingerprint density at radius 1 is 1.20 bits per heavy atom. The maximum Gasteiger partial charge on any atom is 0.143 e. The Bertz CT molecular complexity index is 282. The average Bonchev–Trinajstić information content (AvgIpc) is 2.28. The molecule has 1 aromatic rings. The maximum atomic E-state index is 11.5. The summed E-state index contributed by atoms with van der Waals surface area (Å²) >= 11 is 1.64. The van der Waals surface area contributed by atoms with Crippen LogP contribution in [0.25, 0.3) is 0 Å². The van der Waals surface area contributed by atoms with Gasteiger partial charge in [-0.1, -0.05) is 38.0 Å². The van der Waals surface area contributed by atoms with Crippen LogP contribution in [0.1, 0.15) is 32.6 Å². The van der Waals surface area contributed by atoms with Gasteiger partial charge in [0.15, 0.2) is 0 Å². The van der Waals surface area contributed by atoms with Crippen molar-refractivity contribution < 1.29 is 4.79 Å². The predicted molar refractivity (Wildman–Crippen MR) is 66.3 cm³/mol. The number of hydrogen-bond donors (Lipinski definition) is 0. The highest BCUT2D eigenvalue weighted by molar-refractivity contribution is 8.00. The average molecular weight is 222 g/mol. The van der Waals surface area contributed by atoms with Gasteiger partial charge in [-0.3, -0.25) is 4.79 Å². The van der Waals surface area contributed by atoms with Crippen molar-refractivity contribution in [1.29, 1.82) is 0 Å². The highest BCUT2D eigenvalue weighted by Gasteiger charge is 2.02. The lowest BCUT2D eigenvalue weighted by atomic mass is 10.2. The Balaban J connectivity index is 2.17. The van der Waals surface area contributed by atoms with Crippen LogP contribution in [0.4, 0.5) is 0 Å². The summed E-state index contributed by atoms with van der Waals surface area (Å²) < 4.78 is 0. The van der Waals surface area contributed by atoms with Gasteiger partial charge in [0.1, 0.15) is 5.78 Å². The van der Waals surface area contributed by atoms with Crippen LogP contribution in [0.2, 0.25) is 0 Å². The summed E-state index contributed by atoms with van der Waals surface area (Å²) in [6, 6.07) is 10.1. The first kappa shape index (κ1) is 12.3. The number of ketones is 1. The van der Waals surface area contributed by atoms with Crippen LogP contribution >= 0.6 is 11.8 Å². The molecule has 0 saturated heterocycles. The van der Waals surface area contributed by atoms with E-state index >= 15 is 0 Å². The lowest BCUT2D eigenvalue weighted by Gasteiger charge is -2.00. The molecular formula is C13H18OS. The molecule has 15 heavy (non-hydrogen) atoms. The molecule has 0 aromatic heterocycles. The van der Waals surface area contributed by atoms with E-state index in [1.807, 2.05) is 30.3 Å². The second kappa shape index (κ2) is 7.52. The predicted octanol–water partition coefficient (Wildman–Crippen LogP) is 3.93. The Hall–Kier alpha value is -0.760. The van der Waals surface area contributed by atoms with E-state index in [1.165, 1.54) is 17.7 Å². The molecule has 1 nitrogen and oxygen atoms in total. The van der Waals surface area contributed by atoms with E-state index in [-0.39, 0.29) is 0 Å².